The standard InChI is InChI=1S/C15H22N6O2S/c1-3-12(14(22)16-13-9-10(2)23-18-13)24-15-17-19-20-21(15)11-7-5-4-6-8-11/h9,11-12H,3-8H2,1-2H3,(H,16,18,22)/t12-/m1/s1. The van der Waals surface area contributed by atoms with Crippen molar-refractivity contribution in [2.75, 3.05) is 5.32 Å². The molecule has 0 spiro atoms. The lowest BCUT2D eigenvalue weighted by Crippen LogP contribution is -2.25. The second-order valence-electron chi connectivity index (χ2n) is 6.02. The zero-order valence-electron chi connectivity index (χ0n) is 13.9. The van der Waals surface area contributed by atoms with Gasteiger partial charge in [0, 0.05) is 6.07 Å². The molecule has 8 nitrogen and oxygen atoms in total. The molecule has 2 aromatic rings. The van der Waals surface area contributed by atoms with Crippen LogP contribution in [0.4, 0.5) is 5.82 Å². The Morgan fingerprint density at radius 2 is 2.25 bits per heavy atom. The molecule has 1 aliphatic carbocycles. The Kier molecular flexibility index (Phi) is 5.49. The molecule has 0 bridgehead atoms. The molecule has 0 aliphatic heterocycles. The Morgan fingerprint density at radius 3 is 2.92 bits per heavy atom. The topological polar surface area (TPSA) is 98.7 Å². The number of nitrogens with one attached hydrogen (secondary N) is 1. The summed E-state index contributed by atoms with van der Waals surface area (Å²) in [6, 6.07) is 2.04. The molecule has 0 unspecified atom stereocenters. The molecule has 9 heteroatoms. The molecule has 1 amide bonds. The number of hydrogen-bond acceptors (Lipinski definition) is 7. The van der Waals surface area contributed by atoms with E-state index in [4.69, 9.17) is 4.52 Å². The number of thioether (sulfide) groups is 1. The summed E-state index contributed by atoms with van der Waals surface area (Å²) in [5, 5.41) is 19.1. The molecule has 0 aromatic carbocycles. The van der Waals surface area contributed by atoms with Crippen molar-refractivity contribution in [1.29, 1.82) is 0 Å². The molecule has 0 saturated heterocycles. The Balaban J connectivity index is 1.66. The van der Waals surface area contributed by atoms with E-state index >= 15 is 0 Å². The molecule has 1 fully saturated rings. The number of anilines is 1. The van der Waals surface area contributed by atoms with E-state index in [1.165, 1.54) is 31.0 Å². The van der Waals surface area contributed by atoms with Crippen LogP contribution in [0.5, 0.6) is 0 Å². The molecule has 130 valence electrons. The number of tetrazole rings is 1. The Hall–Kier alpha value is -1.90. The summed E-state index contributed by atoms with van der Waals surface area (Å²) in [5.41, 5.74) is 0. The maximum Gasteiger partial charge on any atom is 0.239 e. The van der Waals surface area contributed by atoms with Crippen LogP contribution in [-0.4, -0.2) is 36.5 Å². The minimum Gasteiger partial charge on any atom is -0.360 e. The number of aromatic nitrogens is 5. The van der Waals surface area contributed by atoms with Crippen LogP contribution in [0.3, 0.4) is 0 Å². The lowest BCUT2D eigenvalue weighted by Gasteiger charge is -2.22. The van der Waals surface area contributed by atoms with Gasteiger partial charge in [-0.15, -0.1) is 5.10 Å². The lowest BCUT2D eigenvalue weighted by molar-refractivity contribution is -0.115. The molecule has 3 rings (SSSR count). The number of carbonyl (C=O) groups is 1. The highest BCUT2D eigenvalue weighted by Crippen LogP contribution is 2.32. The van der Waals surface area contributed by atoms with Gasteiger partial charge < -0.3 is 9.84 Å². The summed E-state index contributed by atoms with van der Waals surface area (Å²) >= 11 is 1.41. The Bertz CT molecular complexity index is 679. The summed E-state index contributed by atoms with van der Waals surface area (Å²) in [6.07, 6.45) is 6.55. The van der Waals surface area contributed by atoms with Gasteiger partial charge in [0.1, 0.15) is 5.76 Å². The van der Waals surface area contributed by atoms with Crippen LogP contribution in [0.2, 0.25) is 0 Å². The second kappa shape index (κ2) is 7.78. The first-order valence-electron chi connectivity index (χ1n) is 8.36. The molecular weight excluding hydrogens is 328 g/mol. The average molecular weight is 350 g/mol. The molecule has 2 heterocycles. The van der Waals surface area contributed by atoms with Gasteiger partial charge in [-0.1, -0.05) is 43.1 Å². The fourth-order valence-electron chi connectivity index (χ4n) is 2.90. The molecule has 0 radical (unpaired) electrons. The monoisotopic (exact) mass is 350 g/mol. The minimum atomic E-state index is -0.282. The first kappa shape index (κ1) is 16.9. The Morgan fingerprint density at radius 1 is 1.46 bits per heavy atom. The normalized spacial score (nSPS) is 16.9. The van der Waals surface area contributed by atoms with Crippen molar-refractivity contribution in [3.05, 3.63) is 11.8 Å². The van der Waals surface area contributed by atoms with Crippen molar-refractivity contribution in [1.82, 2.24) is 25.4 Å². The van der Waals surface area contributed by atoms with Crippen molar-refractivity contribution < 1.29 is 9.32 Å². The predicted octanol–water partition coefficient (Wildman–Crippen LogP) is 2.98. The van der Waals surface area contributed by atoms with Gasteiger partial charge in [-0.25, -0.2) is 4.68 Å². The van der Waals surface area contributed by atoms with Crippen molar-refractivity contribution in [3.63, 3.8) is 0 Å². The quantitative estimate of drug-likeness (QED) is 0.800. The van der Waals surface area contributed by atoms with E-state index in [1.807, 2.05) is 11.6 Å². The van der Waals surface area contributed by atoms with E-state index in [2.05, 4.69) is 26.0 Å². The molecule has 1 saturated carbocycles. The van der Waals surface area contributed by atoms with Crippen LogP contribution in [0.25, 0.3) is 0 Å². The largest absolute Gasteiger partial charge is 0.360 e. The molecule has 1 N–H and O–H groups in total. The fourth-order valence-corrected chi connectivity index (χ4v) is 3.86. The van der Waals surface area contributed by atoms with Gasteiger partial charge in [-0.05, 0) is 36.6 Å². The summed E-state index contributed by atoms with van der Waals surface area (Å²) in [5.74, 6) is 0.977. The van der Waals surface area contributed by atoms with E-state index in [1.54, 1.807) is 13.0 Å². The third kappa shape index (κ3) is 3.95. The summed E-state index contributed by atoms with van der Waals surface area (Å²) in [4.78, 5) is 12.5. The SMILES string of the molecule is CC[C@@H](Sc1nnnn1C1CCCCC1)C(=O)Nc1cc(C)on1. The van der Waals surface area contributed by atoms with Gasteiger partial charge in [0.05, 0.1) is 11.3 Å². The number of nitrogens with zero attached hydrogens (tertiary/aromatic N) is 5. The highest BCUT2D eigenvalue weighted by atomic mass is 32.2. The van der Waals surface area contributed by atoms with Crippen LogP contribution in [0.15, 0.2) is 15.7 Å². The predicted molar refractivity (Wildman–Crippen MR) is 89.7 cm³/mol. The van der Waals surface area contributed by atoms with E-state index in [0.717, 1.165) is 12.8 Å². The Labute approximate surface area is 144 Å². The van der Waals surface area contributed by atoms with Crippen LogP contribution < -0.4 is 5.32 Å². The molecule has 1 aliphatic rings. The zero-order valence-corrected chi connectivity index (χ0v) is 14.8. The van der Waals surface area contributed by atoms with E-state index < -0.39 is 0 Å². The highest BCUT2D eigenvalue weighted by Gasteiger charge is 2.25. The summed E-state index contributed by atoms with van der Waals surface area (Å²) in [7, 11) is 0. The first-order chi connectivity index (χ1) is 11.7. The molecule has 2 aromatic heterocycles. The lowest BCUT2D eigenvalue weighted by atomic mass is 9.96. The molecule has 1 atom stereocenters. The third-order valence-corrected chi connectivity index (χ3v) is 5.48. The maximum absolute atomic E-state index is 12.5. The van der Waals surface area contributed by atoms with Gasteiger partial charge in [0.15, 0.2) is 5.82 Å². The van der Waals surface area contributed by atoms with Crippen molar-refractivity contribution in [3.8, 4) is 0 Å². The van der Waals surface area contributed by atoms with E-state index in [-0.39, 0.29) is 11.2 Å². The smallest absolute Gasteiger partial charge is 0.239 e. The van der Waals surface area contributed by atoms with Crippen LogP contribution in [-0.2, 0) is 4.79 Å². The molecular formula is C15H22N6O2S. The van der Waals surface area contributed by atoms with E-state index in [0.29, 0.717) is 29.2 Å². The number of aryl methyl sites for hydroxylation is 1. The second-order valence-corrected chi connectivity index (χ2v) is 7.19. The minimum absolute atomic E-state index is 0.117. The van der Waals surface area contributed by atoms with Gasteiger partial charge in [-0.2, -0.15) is 0 Å². The van der Waals surface area contributed by atoms with Gasteiger partial charge in [-0.3, -0.25) is 4.79 Å². The van der Waals surface area contributed by atoms with Crippen LogP contribution in [0, 0.1) is 6.92 Å². The van der Waals surface area contributed by atoms with Crippen molar-refractivity contribution >= 4 is 23.5 Å². The number of hydrogen-bond donors (Lipinski definition) is 1. The van der Waals surface area contributed by atoms with Crippen molar-refractivity contribution in [2.45, 2.75) is 68.8 Å². The third-order valence-electron chi connectivity index (χ3n) is 4.17. The summed E-state index contributed by atoms with van der Waals surface area (Å²) < 4.78 is 6.86. The van der Waals surface area contributed by atoms with Gasteiger partial charge in [0.25, 0.3) is 0 Å². The van der Waals surface area contributed by atoms with Gasteiger partial charge in [0.2, 0.25) is 11.1 Å². The number of carbonyl (C=O) groups excluding carboxylic acids is 1. The average Bonchev–Trinajstić information content (AvgIpc) is 3.22. The zero-order chi connectivity index (χ0) is 16.9. The maximum atomic E-state index is 12.5. The number of amides is 1. The van der Waals surface area contributed by atoms with Gasteiger partial charge >= 0.3 is 0 Å². The number of rotatable bonds is 6. The van der Waals surface area contributed by atoms with Crippen LogP contribution >= 0.6 is 11.8 Å². The molecule has 24 heavy (non-hydrogen) atoms. The van der Waals surface area contributed by atoms with E-state index in [9.17, 15) is 4.79 Å². The fraction of sp³-hybridized carbons (Fsp3) is 0.667. The first-order valence-corrected chi connectivity index (χ1v) is 9.24. The van der Waals surface area contributed by atoms with Crippen LogP contribution in [0.1, 0.15) is 57.3 Å². The summed E-state index contributed by atoms with van der Waals surface area (Å²) in [6.45, 7) is 3.76. The van der Waals surface area contributed by atoms with Crippen molar-refractivity contribution in [2.24, 2.45) is 0 Å². The highest BCUT2D eigenvalue weighted by molar-refractivity contribution is 8.00.